The molecule has 0 unspecified atom stereocenters. The van der Waals surface area contributed by atoms with E-state index in [9.17, 15) is 18.0 Å². The molecule has 130 valence electrons. The summed E-state index contributed by atoms with van der Waals surface area (Å²) in [6.45, 7) is 1.94. The monoisotopic (exact) mass is 358 g/mol. The molecule has 0 aliphatic carbocycles. The lowest BCUT2D eigenvalue weighted by Crippen LogP contribution is -2.30. The molecule has 0 radical (unpaired) electrons. The van der Waals surface area contributed by atoms with Crippen molar-refractivity contribution in [2.45, 2.75) is 13.5 Å². The van der Waals surface area contributed by atoms with Gasteiger partial charge in [-0.3, -0.25) is 9.59 Å². The van der Waals surface area contributed by atoms with E-state index in [4.69, 9.17) is 0 Å². The fourth-order valence-corrected chi connectivity index (χ4v) is 4.55. The molecule has 1 aliphatic rings. The van der Waals surface area contributed by atoms with Crippen molar-refractivity contribution in [1.29, 1.82) is 0 Å². The molecule has 1 N–H and O–H groups in total. The van der Waals surface area contributed by atoms with Gasteiger partial charge in [0, 0.05) is 12.1 Å². The van der Waals surface area contributed by atoms with Gasteiger partial charge in [-0.1, -0.05) is 43.3 Å². The average Bonchev–Trinajstić information content (AvgIpc) is 2.81. The van der Waals surface area contributed by atoms with E-state index in [2.05, 4.69) is 5.32 Å². The third-order valence-corrected chi connectivity index (χ3v) is 5.87. The number of carbonyl (C=O) groups is 2. The van der Waals surface area contributed by atoms with Crippen molar-refractivity contribution >= 4 is 27.5 Å². The molecule has 2 amide bonds. The van der Waals surface area contributed by atoms with Crippen LogP contribution < -0.4 is 9.62 Å². The van der Waals surface area contributed by atoms with Crippen molar-refractivity contribution in [2.75, 3.05) is 10.1 Å². The van der Waals surface area contributed by atoms with Gasteiger partial charge in [-0.2, -0.15) is 0 Å². The SMILES string of the molecule is C[C@H]1CS(=O)(=O)N(c2cccc(C(=O)NCc3ccccc3)c2)C1=O. The number of anilines is 1. The number of hydrogen-bond acceptors (Lipinski definition) is 4. The Morgan fingerprint density at radius 2 is 1.88 bits per heavy atom. The van der Waals surface area contributed by atoms with Gasteiger partial charge in [0.15, 0.2) is 0 Å². The summed E-state index contributed by atoms with van der Waals surface area (Å²) in [5, 5.41) is 2.78. The van der Waals surface area contributed by atoms with E-state index in [0.29, 0.717) is 12.1 Å². The van der Waals surface area contributed by atoms with Crippen molar-refractivity contribution in [2.24, 2.45) is 5.92 Å². The molecule has 1 heterocycles. The first-order valence-corrected chi connectivity index (χ1v) is 9.48. The Hall–Kier alpha value is -2.67. The second-order valence-electron chi connectivity index (χ2n) is 6.00. The molecule has 0 saturated carbocycles. The Morgan fingerprint density at radius 3 is 2.52 bits per heavy atom. The lowest BCUT2D eigenvalue weighted by atomic mass is 10.1. The van der Waals surface area contributed by atoms with E-state index in [0.717, 1.165) is 9.87 Å². The van der Waals surface area contributed by atoms with Gasteiger partial charge in [0.1, 0.15) is 0 Å². The summed E-state index contributed by atoms with van der Waals surface area (Å²) in [5.74, 6) is -1.60. The minimum absolute atomic E-state index is 0.196. The lowest BCUT2D eigenvalue weighted by molar-refractivity contribution is -0.119. The molecule has 1 atom stereocenters. The third-order valence-electron chi connectivity index (χ3n) is 4.00. The van der Waals surface area contributed by atoms with E-state index in [1.807, 2.05) is 30.3 Å². The first kappa shape index (κ1) is 17.2. The van der Waals surface area contributed by atoms with Crippen LogP contribution in [-0.2, 0) is 21.4 Å². The summed E-state index contributed by atoms with van der Waals surface area (Å²) >= 11 is 0. The molecule has 1 saturated heterocycles. The number of nitrogens with zero attached hydrogens (tertiary/aromatic N) is 1. The van der Waals surface area contributed by atoms with Gasteiger partial charge >= 0.3 is 0 Å². The third kappa shape index (κ3) is 3.56. The van der Waals surface area contributed by atoms with Crippen LogP contribution in [-0.4, -0.2) is 26.0 Å². The van der Waals surface area contributed by atoms with Crippen molar-refractivity contribution in [3.05, 3.63) is 65.7 Å². The molecule has 3 rings (SSSR count). The molecule has 1 fully saturated rings. The number of hydrogen-bond donors (Lipinski definition) is 1. The maximum absolute atomic E-state index is 12.3. The summed E-state index contributed by atoms with van der Waals surface area (Å²) < 4.78 is 25.2. The zero-order chi connectivity index (χ0) is 18.0. The largest absolute Gasteiger partial charge is 0.348 e. The number of sulfonamides is 1. The van der Waals surface area contributed by atoms with Gasteiger partial charge < -0.3 is 5.32 Å². The van der Waals surface area contributed by atoms with Crippen LogP contribution in [0.15, 0.2) is 54.6 Å². The Balaban J connectivity index is 1.80. The fraction of sp³-hybridized carbons (Fsp3) is 0.222. The lowest BCUT2D eigenvalue weighted by Gasteiger charge is -2.16. The summed E-state index contributed by atoms with van der Waals surface area (Å²) in [5.41, 5.74) is 1.45. The Kier molecular flexibility index (Phi) is 4.59. The van der Waals surface area contributed by atoms with Crippen LogP contribution in [0.4, 0.5) is 5.69 Å². The summed E-state index contributed by atoms with van der Waals surface area (Å²) in [4.78, 5) is 24.5. The number of benzene rings is 2. The van der Waals surface area contributed by atoms with Gasteiger partial charge in [0.2, 0.25) is 15.9 Å². The Bertz CT molecular complexity index is 910. The van der Waals surface area contributed by atoms with Crippen molar-refractivity contribution in [3.63, 3.8) is 0 Å². The maximum Gasteiger partial charge on any atom is 0.251 e. The highest BCUT2D eigenvalue weighted by atomic mass is 32.2. The Labute approximate surface area is 146 Å². The maximum atomic E-state index is 12.3. The van der Waals surface area contributed by atoms with E-state index >= 15 is 0 Å². The average molecular weight is 358 g/mol. The summed E-state index contributed by atoms with van der Waals surface area (Å²) in [7, 11) is -3.68. The van der Waals surface area contributed by atoms with Crippen molar-refractivity contribution in [1.82, 2.24) is 5.32 Å². The minimum Gasteiger partial charge on any atom is -0.348 e. The fourth-order valence-electron chi connectivity index (χ4n) is 2.74. The van der Waals surface area contributed by atoms with Gasteiger partial charge in [0.25, 0.3) is 5.91 Å². The van der Waals surface area contributed by atoms with Crippen LogP contribution in [0.2, 0.25) is 0 Å². The van der Waals surface area contributed by atoms with Crippen molar-refractivity contribution in [3.8, 4) is 0 Å². The number of carbonyl (C=O) groups excluding carboxylic acids is 2. The first-order chi connectivity index (χ1) is 11.9. The highest BCUT2D eigenvalue weighted by Gasteiger charge is 2.42. The van der Waals surface area contributed by atoms with E-state index in [1.165, 1.54) is 12.1 Å². The van der Waals surface area contributed by atoms with E-state index in [1.54, 1.807) is 19.1 Å². The molecule has 2 aromatic rings. The summed E-state index contributed by atoms with van der Waals surface area (Å²) in [6, 6.07) is 15.5. The molecular weight excluding hydrogens is 340 g/mol. The Morgan fingerprint density at radius 1 is 1.16 bits per heavy atom. The zero-order valence-corrected chi connectivity index (χ0v) is 14.5. The second kappa shape index (κ2) is 6.68. The summed E-state index contributed by atoms with van der Waals surface area (Å²) in [6.07, 6.45) is 0. The van der Waals surface area contributed by atoms with Gasteiger partial charge in [0.05, 0.1) is 17.4 Å². The molecule has 25 heavy (non-hydrogen) atoms. The standard InChI is InChI=1S/C18H18N2O4S/c1-13-12-25(23,24)20(18(13)22)16-9-5-8-15(10-16)17(21)19-11-14-6-3-2-4-7-14/h2-10,13H,11-12H2,1H3,(H,19,21)/t13-/m0/s1. The molecule has 0 aromatic heterocycles. The smallest absolute Gasteiger partial charge is 0.251 e. The van der Waals surface area contributed by atoms with Gasteiger partial charge in [-0.15, -0.1) is 0 Å². The van der Waals surface area contributed by atoms with E-state index < -0.39 is 21.8 Å². The predicted molar refractivity (Wildman–Crippen MR) is 94.5 cm³/mol. The molecular formula is C18H18N2O4S. The molecule has 0 spiro atoms. The zero-order valence-electron chi connectivity index (χ0n) is 13.7. The molecule has 1 aliphatic heterocycles. The number of rotatable bonds is 4. The normalized spacial score (nSPS) is 19.0. The highest BCUT2D eigenvalue weighted by molar-refractivity contribution is 7.94. The first-order valence-electron chi connectivity index (χ1n) is 7.87. The van der Waals surface area contributed by atoms with Crippen LogP contribution in [0, 0.1) is 5.92 Å². The molecule has 2 aromatic carbocycles. The van der Waals surface area contributed by atoms with Crippen molar-refractivity contribution < 1.29 is 18.0 Å². The molecule has 6 nitrogen and oxygen atoms in total. The molecule has 0 bridgehead atoms. The van der Waals surface area contributed by atoms with Gasteiger partial charge in [-0.25, -0.2) is 12.7 Å². The quantitative estimate of drug-likeness (QED) is 0.905. The molecule has 7 heteroatoms. The van der Waals surface area contributed by atoms with Gasteiger partial charge in [-0.05, 0) is 23.8 Å². The minimum atomic E-state index is -3.68. The van der Waals surface area contributed by atoms with Crippen LogP contribution >= 0.6 is 0 Å². The van der Waals surface area contributed by atoms with Crippen LogP contribution in [0.25, 0.3) is 0 Å². The van der Waals surface area contributed by atoms with Crippen LogP contribution in [0.1, 0.15) is 22.8 Å². The second-order valence-corrected chi connectivity index (χ2v) is 7.86. The number of amides is 2. The van der Waals surface area contributed by atoms with E-state index in [-0.39, 0.29) is 17.3 Å². The number of nitrogens with one attached hydrogen (secondary N) is 1. The van der Waals surface area contributed by atoms with Crippen LogP contribution in [0.5, 0.6) is 0 Å². The highest BCUT2D eigenvalue weighted by Crippen LogP contribution is 2.28. The predicted octanol–water partition coefficient (Wildman–Crippen LogP) is 1.93. The topological polar surface area (TPSA) is 83.6 Å². The van der Waals surface area contributed by atoms with Crippen LogP contribution in [0.3, 0.4) is 0 Å².